The molecule has 0 unspecified atom stereocenters. The van der Waals surface area contributed by atoms with Crippen molar-refractivity contribution in [3.05, 3.63) is 112 Å². The number of methoxy groups -OCH3 is 1. The largest absolute Gasteiger partial charge is 0.494 e. The molecule has 0 bridgehead atoms. The quantitative estimate of drug-likeness (QED) is 0.276. The van der Waals surface area contributed by atoms with Gasteiger partial charge < -0.3 is 4.74 Å². The number of amides is 1. The number of benzene rings is 3. The second-order valence-electron chi connectivity index (χ2n) is 10.2. The van der Waals surface area contributed by atoms with Gasteiger partial charge >= 0.3 is 0 Å². The third-order valence-electron chi connectivity index (χ3n) is 7.46. The number of hydrogen-bond acceptors (Lipinski definition) is 6. The zero-order valence-corrected chi connectivity index (χ0v) is 23.3. The first-order chi connectivity index (χ1) is 20.5. The number of carbonyl (C=O) groups excluding carboxylic acids is 1. The molecule has 1 amide bonds. The second-order valence-corrected chi connectivity index (χ2v) is 10.2. The molecular formula is C32H29FN6O3. The summed E-state index contributed by atoms with van der Waals surface area (Å²) in [7, 11) is 1.39. The van der Waals surface area contributed by atoms with E-state index in [0.717, 1.165) is 40.8 Å². The molecule has 9 nitrogen and oxygen atoms in total. The number of aryl methyl sites for hydroxylation is 1. The number of ether oxygens (including phenoxy) is 1. The van der Waals surface area contributed by atoms with E-state index in [4.69, 9.17) is 4.74 Å². The van der Waals surface area contributed by atoms with Gasteiger partial charge in [-0.25, -0.2) is 18.9 Å². The Kier molecular flexibility index (Phi) is 7.35. The Balaban J connectivity index is 1.52. The number of nitrogens with one attached hydrogen (secondary N) is 1. The summed E-state index contributed by atoms with van der Waals surface area (Å²) in [5, 5.41) is 8.75. The Bertz CT molecular complexity index is 1890. The second kappa shape index (κ2) is 11.4. The van der Waals surface area contributed by atoms with E-state index in [1.807, 2.05) is 48.5 Å². The summed E-state index contributed by atoms with van der Waals surface area (Å²) < 4.78 is 22.9. The minimum absolute atomic E-state index is 0.0814. The highest BCUT2D eigenvalue weighted by Gasteiger charge is 2.23. The Morgan fingerprint density at radius 3 is 2.57 bits per heavy atom. The van der Waals surface area contributed by atoms with E-state index < -0.39 is 5.82 Å². The highest BCUT2D eigenvalue weighted by molar-refractivity contribution is 6.16. The Morgan fingerprint density at radius 2 is 1.86 bits per heavy atom. The van der Waals surface area contributed by atoms with E-state index >= 15 is 0 Å². The van der Waals surface area contributed by atoms with Gasteiger partial charge in [0.15, 0.2) is 11.6 Å². The molecule has 0 saturated heterocycles. The van der Waals surface area contributed by atoms with Crippen molar-refractivity contribution in [3.8, 4) is 22.6 Å². The number of aromatic nitrogens is 4. The van der Waals surface area contributed by atoms with E-state index in [2.05, 4.69) is 27.5 Å². The van der Waals surface area contributed by atoms with Crippen LogP contribution in [0.4, 0.5) is 4.39 Å². The highest BCUT2D eigenvalue weighted by atomic mass is 19.1. The van der Waals surface area contributed by atoms with Crippen molar-refractivity contribution in [2.24, 2.45) is 5.10 Å². The minimum Gasteiger partial charge on any atom is -0.494 e. The van der Waals surface area contributed by atoms with Gasteiger partial charge in [-0.2, -0.15) is 15.2 Å². The maximum absolute atomic E-state index is 14.8. The summed E-state index contributed by atoms with van der Waals surface area (Å²) in [6.07, 6.45) is 4.28. The van der Waals surface area contributed by atoms with Gasteiger partial charge in [0.25, 0.3) is 5.56 Å². The average Bonchev–Trinajstić information content (AvgIpc) is 3.67. The Labute approximate surface area is 241 Å². The van der Waals surface area contributed by atoms with Crippen LogP contribution in [-0.4, -0.2) is 37.9 Å². The van der Waals surface area contributed by atoms with Crippen molar-refractivity contribution < 1.29 is 13.9 Å². The molecule has 212 valence electrons. The lowest BCUT2D eigenvalue weighted by atomic mass is 9.91. The van der Waals surface area contributed by atoms with Crippen LogP contribution in [0.2, 0.25) is 0 Å². The van der Waals surface area contributed by atoms with Gasteiger partial charge in [0, 0.05) is 23.6 Å². The lowest BCUT2D eigenvalue weighted by Gasteiger charge is -2.17. The van der Waals surface area contributed by atoms with Gasteiger partial charge in [0.2, 0.25) is 11.7 Å². The topological polar surface area (TPSA) is 103 Å². The number of rotatable bonds is 9. The molecule has 0 aliphatic carbocycles. The van der Waals surface area contributed by atoms with Crippen molar-refractivity contribution in [2.45, 2.75) is 39.0 Å². The number of halogens is 1. The fraction of sp³-hybridized carbons (Fsp3) is 0.219. The van der Waals surface area contributed by atoms with Crippen LogP contribution in [-0.2, 0) is 17.6 Å². The molecule has 0 atom stereocenters. The third kappa shape index (κ3) is 4.96. The van der Waals surface area contributed by atoms with E-state index in [9.17, 15) is 14.0 Å². The number of nitrogens with zero attached hydrogens (tertiary/aromatic N) is 5. The van der Waals surface area contributed by atoms with Crippen LogP contribution in [0.3, 0.4) is 0 Å². The summed E-state index contributed by atoms with van der Waals surface area (Å²) in [5.74, 6) is -0.359. The van der Waals surface area contributed by atoms with E-state index in [1.54, 1.807) is 10.6 Å². The zero-order valence-electron chi connectivity index (χ0n) is 23.3. The van der Waals surface area contributed by atoms with Crippen LogP contribution in [0.1, 0.15) is 48.6 Å². The maximum Gasteiger partial charge on any atom is 0.263 e. The molecule has 0 fully saturated rings. The summed E-state index contributed by atoms with van der Waals surface area (Å²) in [5.41, 5.74) is 8.16. The molecule has 0 saturated carbocycles. The van der Waals surface area contributed by atoms with Crippen LogP contribution >= 0.6 is 0 Å². The van der Waals surface area contributed by atoms with Crippen LogP contribution in [0.25, 0.3) is 22.6 Å². The van der Waals surface area contributed by atoms with Gasteiger partial charge in [-0.05, 0) is 47.7 Å². The predicted octanol–water partition coefficient (Wildman–Crippen LogP) is 4.85. The summed E-state index contributed by atoms with van der Waals surface area (Å²) in [4.78, 5) is 30.7. The van der Waals surface area contributed by atoms with E-state index in [0.29, 0.717) is 35.6 Å². The van der Waals surface area contributed by atoms with Crippen molar-refractivity contribution in [1.29, 1.82) is 0 Å². The third-order valence-corrected chi connectivity index (χ3v) is 7.46. The minimum atomic E-state index is -0.585. The number of hydrogen-bond donors (Lipinski definition) is 1. The van der Waals surface area contributed by atoms with Crippen LogP contribution < -0.4 is 15.7 Å². The molecule has 5 aromatic rings. The van der Waals surface area contributed by atoms with Gasteiger partial charge in [-0.15, -0.1) is 0 Å². The molecule has 2 aromatic heterocycles. The van der Waals surface area contributed by atoms with Gasteiger partial charge in [-0.3, -0.25) is 9.59 Å². The highest BCUT2D eigenvalue weighted by Crippen LogP contribution is 2.29. The van der Waals surface area contributed by atoms with Gasteiger partial charge in [0.1, 0.15) is 6.33 Å². The maximum atomic E-state index is 14.8. The van der Waals surface area contributed by atoms with E-state index in [1.165, 1.54) is 30.1 Å². The first-order valence-electron chi connectivity index (χ1n) is 13.8. The SMILES string of the molecule is CCCCc1c(Cc2ccc(-c3ccccc3)c(C3=NNC(=O)C3)c2)c(=O)n(-c2ccc(OC)c(F)c2)c2ncnn12. The van der Waals surface area contributed by atoms with Crippen molar-refractivity contribution in [2.75, 3.05) is 7.11 Å². The first kappa shape index (κ1) is 27.1. The van der Waals surface area contributed by atoms with Gasteiger partial charge in [0.05, 0.1) is 30.6 Å². The Hall–Kier alpha value is -5.12. The summed E-state index contributed by atoms with van der Waals surface area (Å²) >= 11 is 0. The molecule has 0 radical (unpaired) electrons. The van der Waals surface area contributed by atoms with Crippen LogP contribution in [0.5, 0.6) is 5.75 Å². The zero-order chi connectivity index (χ0) is 29.2. The molecule has 6 rings (SSSR count). The smallest absolute Gasteiger partial charge is 0.263 e. The monoisotopic (exact) mass is 564 g/mol. The van der Waals surface area contributed by atoms with Crippen molar-refractivity contribution >= 4 is 17.4 Å². The molecule has 1 N–H and O–H groups in total. The standard InChI is InChI=1S/C32H29FN6O3/c1-3-4-10-28-25(31(41)38(32-34-19-35-39(28)32)22-12-14-29(42-2)26(33)17-22)16-20-11-13-23(21-8-6-5-7-9-21)24(15-20)27-18-30(40)37-36-27/h5-9,11-15,17,19H,3-4,10,16,18H2,1-2H3,(H,37,40). The molecule has 1 aliphatic heterocycles. The van der Waals surface area contributed by atoms with Gasteiger partial charge in [-0.1, -0.05) is 55.8 Å². The van der Waals surface area contributed by atoms with Crippen LogP contribution in [0.15, 0.2) is 83.0 Å². The van der Waals surface area contributed by atoms with E-state index in [-0.39, 0.29) is 23.6 Å². The number of carbonyl (C=O) groups is 1. The van der Waals surface area contributed by atoms with Crippen molar-refractivity contribution in [3.63, 3.8) is 0 Å². The molecule has 42 heavy (non-hydrogen) atoms. The fourth-order valence-corrected chi connectivity index (χ4v) is 5.39. The molecular weight excluding hydrogens is 535 g/mol. The lowest BCUT2D eigenvalue weighted by molar-refractivity contribution is -0.119. The Morgan fingerprint density at radius 1 is 1.02 bits per heavy atom. The molecule has 10 heteroatoms. The fourth-order valence-electron chi connectivity index (χ4n) is 5.39. The molecule has 0 spiro atoms. The number of fused-ring (bicyclic) bond motifs is 1. The number of hydrazone groups is 1. The average molecular weight is 565 g/mol. The molecule has 1 aliphatic rings. The van der Waals surface area contributed by atoms with Crippen LogP contribution in [0, 0.1) is 5.82 Å². The van der Waals surface area contributed by atoms with Crippen molar-refractivity contribution in [1.82, 2.24) is 24.6 Å². The molecule has 3 aromatic carbocycles. The molecule has 3 heterocycles. The normalized spacial score (nSPS) is 12.9. The number of unbranched alkanes of at least 4 members (excludes halogenated alkanes) is 1. The summed E-state index contributed by atoms with van der Waals surface area (Å²) in [6, 6.07) is 20.3. The predicted molar refractivity (Wildman–Crippen MR) is 158 cm³/mol. The lowest BCUT2D eigenvalue weighted by Crippen LogP contribution is -2.28. The summed E-state index contributed by atoms with van der Waals surface area (Å²) in [6.45, 7) is 2.09. The first-order valence-corrected chi connectivity index (χ1v) is 13.8.